The molecular formula is C25H30F3N3O3. The Labute approximate surface area is 197 Å². The summed E-state index contributed by atoms with van der Waals surface area (Å²) in [5.41, 5.74) is -1.33. The molecule has 0 bridgehead atoms. The Morgan fingerprint density at radius 3 is 2.41 bits per heavy atom. The zero-order chi connectivity index (χ0) is 24.6. The molecule has 0 saturated heterocycles. The first-order valence-electron chi connectivity index (χ1n) is 11.5. The van der Waals surface area contributed by atoms with Gasteiger partial charge in [-0.3, -0.25) is 9.79 Å². The number of aliphatic imine (C=N–C) groups is 1. The average molecular weight is 478 g/mol. The molecule has 6 nitrogen and oxygen atoms in total. The fraction of sp³-hybridized carbons (Fsp3) is 0.560. The third-order valence-electron chi connectivity index (χ3n) is 7.01. The predicted octanol–water partition coefficient (Wildman–Crippen LogP) is 5.66. The summed E-state index contributed by atoms with van der Waals surface area (Å²) in [5, 5.41) is 0. The molecule has 0 spiro atoms. The lowest BCUT2D eigenvalue weighted by Gasteiger charge is -2.42. The van der Waals surface area contributed by atoms with Crippen molar-refractivity contribution in [3.63, 3.8) is 0 Å². The second kappa shape index (κ2) is 9.07. The highest BCUT2D eigenvalue weighted by Gasteiger charge is 2.60. The number of aromatic nitrogens is 2. The van der Waals surface area contributed by atoms with Crippen LogP contribution >= 0.6 is 0 Å². The molecule has 0 amide bonds. The number of methoxy groups -OCH3 is 1. The van der Waals surface area contributed by atoms with Gasteiger partial charge in [-0.25, -0.2) is 4.98 Å². The van der Waals surface area contributed by atoms with Crippen LogP contribution in [0.15, 0.2) is 35.5 Å². The van der Waals surface area contributed by atoms with E-state index < -0.39 is 17.0 Å². The number of ether oxygens (including phenoxy) is 2. The standard InChI is InChI=1S/C25H30F3N3O3/c1-23(2,22(32)33-3)15-34-18-8-5-16(6-9-18)19-10-7-17(13-29-19)21-30-14-20(31-21)24(11-4-12-24)25(26,27)28/h5-6,8-9,13-14,17,19H,4,7,10-12,15H2,1-3H3,(H,30,31). The fourth-order valence-corrected chi connectivity index (χ4v) is 4.54. The molecule has 9 heteroatoms. The molecule has 2 aliphatic rings. The number of benzene rings is 1. The lowest BCUT2D eigenvalue weighted by molar-refractivity contribution is -0.214. The highest BCUT2D eigenvalue weighted by molar-refractivity contribution is 5.75. The summed E-state index contributed by atoms with van der Waals surface area (Å²) in [6, 6.07) is 7.55. The Morgan fingerprint density at radius 2 is 1.88 bits per heavy atom. The van der Waals surface area contributed by atoms with Crippen LogP contribution in [-0.2, 0) is 14.9 Å². The molecule has 34 heavy (non-hydrogen) atoms. The second-order valence-electron chi connectivity index (χ2n) is 9.85. The molecule has 1 aromatic heterocycles. The number of esters is 1. The van der Waals surface area contributed by atoms with E-state index in [9.17, 15) is 18.0 Å². The molecule has 1 aliphatic heterocycles. The summed E-state index contributed by atoms with van der Waals surface area (Å²) in [6.45, 7) is 3.72. The van der Waals surface area contributed by atoms with Crippen molar-refractivity contribution in [3.05, 3.63) is 47.5 Å². The Bertz CT molecular complexity index is 1040. The van der Waals surface area contributed by atoms with Crippen LogP contribution in [0.1, 0.15) is 75.0 Å². The van der Waals surface area contributed by atoms with Gasteiger partial charge in [0.25, 0.3) is 0 Å². The highest BCUT2D eigenvalue weighted by atomic mass is 19.4. The van der Waals surface area contributed by atoms with Gasteiger partial charge in [0, 0.05) is 12.4 Å². The van der Waals surface area contributed by atoms with E-state index in [0.29, 0.717) is 18.0 Å². The van der Waals surface area contributed by atoms with E-state index in [2.05, 4.69) is 15.0 Å². The predicted molar refractivity (Wildman–Crippen MR) is 121 cm³/mol. The van der Waals surface area contributed by atoms with Crippen LogP contribution in [0, 0.1) is 5.41 Å². The molecule has 1 fully saturated rings. The Morgan fingerprint density at radius 1 is 1.18 bits per heavy atom. The molecule has 4 rings (SSSR count). The smallest absolute Gasteiger partial charge is 0.399 e. The number of nitrogens with zero attached hydrogens (tertiary/aromatic N) is 2. The van der Waals surface area contributed by atoms with Gasteiger partial charge in [-0.05, 0) is 57.2 Å². The van der Waals surface area contributed by atoms with Crippen LogP contribution in [0.3, 0.4) is 0 Å². The minimum atomic E-state index is -4.27. The molecule has 1 aromatic carbocycles. The number of carbonyl (C=O) groups is 1. The van der Waals surface area contributed by atoms with Gasteiger partial charge in [-0.15, -0.1) is 0 Å². The zero-order valence-electron chi connectivity index (χ0n) is 19.6. The number of nitrogens with one attached hydrogen (secondary N) is 1. The Hall–Kier alpha value is -2.84. The number of aromatic amines is 1. The van der Waals surface area contributed by atoms with Gasteiger partial charge in [0.2, 0.25) is 0 Å². The number of halogens is 3. The molecule has 2 heterocycles. The van der Waals surface area contributed by atoms with Gasteiger partial charge in [-0.2, -0.15) is 13.2 Å². The summed E-state index contributed by atoms with van der Waals surface area (Å²) >= 11 is 0. The largest absolute Gasteiger partial charge is 0.492 e. The van der Waals surface area contributed by atoms with Crippen LogP contribution in [0.25, 0.3) is 0 Å². The van der Waals surface area contributed by atoms with E-state index in [-0.39, 0.29) is 43.1 Å². The number of H-pyrrole nitrogens is 1. The first kappa shape index (κ1) is 24.3. The molecule has 0 radical (unpaired) electrons. The van der Waals surface area contributed by atoms with E-state index >= 15 is 0 Å². The molecular weight excluding hydrogens is 447 g/mol. The van der Waals surface area contributed by atoms with Crippen molar-refractivity contribution in [1.29, 1.82) is 0 Å². The number of rotatable bonds is 7. The third-order valence-corrected chi connectivity index (χ3v) is 7.01. The van der Waals surface area contributed by atoms with E-state index in [1.54, 1.807) is 20.1 Å². The fourth-order valence-electron chi connectivity index (χ4n) is 4.54. The molecule has 2 unspecified atom stereocenters. The molecule has 2 atom stereocenters. The maximum atomic E-state index is 13.6. The van der Waals surface area contributed by atoms with Gasteiger partial charge >= 0.3 is 12.1 Å². The minimum absolute atomic E-state index is 0.0283. The van der Waals surface area contributed by atoms with Crippen molar-refractivity contribution in [2.45, 2.75) is 69.5 Å². The number of hydrogen-bond donors (Lipinski definition) is 1. The van der Waals surface area contributed by atoms with E-state index in [1.165, 1.54) is 13.3 Å². The first-order valence-corrected chi connectivity index (χ1v) is 11.5. The molecule has 184 valence electrons. The minimum Gasteiger partial charge on any atom is -0.492 e. The van der Waals surface area contributed by atoms with E-state index in [4.69, 9.17) is 9.47 Å². The van der Waals surface area contributed by atoms with E-state index in [1.807, 2.05) is 24.3 Å². The molecule has 1 aliphatic carbocycles. The van der Waals surface area contributed by atoms with Gasteiger partial charge in [0.1, 0.15) is 23.6 Å². The topological polar surface area (TPSA) is 76.6 Å². The van der Waals surface area contributed by atoms with Crippen LogP contribution in [-0.4, -0.2) is 42.0 Å². The van der Waals surface area contributed by atoms with Gasteiger partial charge in [0.15, 0.2) is 0 Å². The lowest BCUT2D eigenvalue weighted by Crippen LogP contribution is -2.48. The maximum Gasteiger partial charge on any atom is 0.399 e. The monoisotopic (exact) mass is 477 g/mol. The summed E-state index contributed by atoms with van der Waals surface area (Å²) in [7, 11) is 1.35. The number of imidazole rings is 1. The molecule has 2 aromatic rings. The maximum absolute atomic E-state index is 13.6. The summed E-state index contributed by atoms with van der Waals surface area (Å²) in [6.07, 6.45) is 1.17. The normalized spacial score (nSPS) is 22.2. The molecule has 1 saturated carbocycles. The van der Waals surface area contributed by atoms with Crippen molar-refractivity contribution < 1.29 is 27.4 Å². The Kier molecular flexibility index (Phi) is 6.48. The lowest BCUT2D eigenvalue weighted by atomic mass is 9.66. The van der Waals surface area contributed by atoms with Gasteiger partial charge in [-0.1, -0.05) is 18.6 Å². The van der Waals surface area contributed by atoms with Crippen LogP contribution < -0.4 is 4.74 Å². The van der Waals surface area contributed by atoms with Crippen molar-refractivity contribution >= 4 is 12.2 Å². The van der Waals surface area contributed by atoms with E-state index in [0.717, 1.165) is 18.4 Å². The van der Waals surface area contributed by atoms with Gasteiger partial charge in [0.05, 0.1) is 30.2 Å². The van der Waals surface area contributed by atoms with Crippen molar-refractivity contribution in [2.24, 2.45) is 10.4 Å². The quantitative estimate of drug-likeness (QED) is 0.522. The zero-order valence-corrected chi connectivity index (χ0v) is 19.6. The molecule has 1 N–H and O–H groups in total. The second-order valence-corrected chi connectivity index (χ2v) is 9.85. The van der Waals surface area contributed by atoms with Crippen LogP contribution in [0.4, 0.5) is 13.2 Å². The average Bonchev–Trinajstić information content (AvgIpc) is 3.26. The summed E-state index contributed by atoms with van der Waals surface area (Å²) in [5.74, 6) is 0.736. The number of carbonyl (C=O) groups excluding carboxylic acids is 1. The summed E-state index contributed by atoms with van der Waals surface area (Å²) in [4.78, 5) is 23.7. The van der Waals surface area contributed by atoms with Crippen LogP contribution in [0.2, 0.25) is 0 Å². The van der Waals surface area contributed by atoms with Crippen molar-refractivity contribution in [3.8, 4) is 5.75 Å². The third kappa shape index (κ3) is 4.57. The Balaban J connectivity index is 1.37. The van der Waals surface area contributed by atoms with Gasteiger partial charge < -0.3 is 14.5 Å². The SMILES string of the molecule is COC(=O)C(C)(C)COc1ccc(C2CCC(c3ncc(C4(C(F)(F)F)CCC4)[nH]3)C=N2)cc1. The number of alkyl halides is 3. The van der Waals surface area contributed by atoms with Crippen LogP contribution in [0.5, 0.6) is 5.75 Å². The van der Waals surface area contributed by atoms with Crippen molar-refractivity contribution in [1.82, 2.24) is 9.97 Å². The van der Waals surface area contributed by atoms with Crippen molar-refractivity contribution in [2.75, 3.05) is 13.7 Å². The first-order chi connectivity index (χ1) is 16.1. The summed E-state index contributed by atoms with van der Waals surface area (Å²) < 4.78 is 51.4. The number of hydrogen-bond acceptors (Lipinski definition) is 5. The highest BCUT2D eigenvalue weighted by Crippen LogP contribution is 2.54.